The number of aromatic amines is 1. The molecule has 1 heterocycles. The highest BCUT2D eigenvalue weighted by Crippen LogP contribution is 2.20. The molecule has 7 heteroatoms. The van der Waals surface area contributed by atoms with Gasteiger partial charge in [-0.25, -0.2) is 5.43 Å². The molecule has 0 unspecified atom stereocenters. The second kappa shape index (κ2) is 7.42. The number of hydrogen-bond donors (Lipinski definition) is 2. The van der Waals surface area contributed by atoms with Crippen LogP contribution in [0.5, 0.6) is 0 Å². The summed E-state index contributed by atoms with van der Waals surface area (Å²) in [7, 11) is 0. The number of carbonyl (C=O) groups is 1. The molecule has 1 aromatic heterocycles. The molecule has 0 aliphatic carbocycles. The van der Waals surface area contributed by atoms with Gasteiger partial charge >= 0.3 is 0 Å². The van der Waals surface area contributed by atoms with E-state index >= 15 is 0 Å². The zero-order chi connectivity index (χ0) is 16.9. The third-order valence-electron chi connectivity index (χ3n) is 3.21. The van der Waals surface area contributed by atoms with Gasteiger partial charge < -0.3 is 0 Å². The van der Waals surface area contributed by atoms with Crippen molar-refractivity contribution >= 4 is 39.7 Å². The number of H-pyrrole nitrogens is 1. The van der Waals surface area contributed by atoms with Crippen LogP contribution in [-0.2, 0) is 0 Å². The first-order valence-corrected chi connectivity index (χ1v) is 8.19. The van der Waals surface area contributed by atoms with Crippen molar-refractivity contribution in [3.8, 4) is 11.3 Å². The molecule has 1 amide bonds. The number of benzene rings is 2. The SMILES string of the molecule is O=C(N/N=C\c1ccc(Br)cc1)c1cc(-c2ccc(Cl)cc2)n[nH]1. The standard InChI is InChI=1S/C17H12BrClN4O/c18-13-5-1-11(2-6-13)10-20-23-17(24)16-9-15(21-22-16)12-3-7-14(19)8-4-12/h1-10H,(H,21,22)(H,23,24)/b20-10-. The van der Waals surface area contributed by atoms with E-state index in [9.17, 15) is 4.79 Å². The molecular weight excluding hydrogens is 392 g/mol. The number of hydrazone groups is 1. The topological polar surface area (TPSA) is 70.1 Å². The van der Waals surface area contributed by atoms with Crippen molar-refractivity contribution in [2.45, 2.75) is 0 Å². The molecule has 5 nitrogen and oxygen atoms in total. The van der Waals surface area contributed by atoms with Gasteiger partial charge in [-0.15, -0.1) is 0 Å². The Morgan fingerprint density at radius 1 is 1.17 bits per heavy atom. The Balaban J connectivity index is 1.65. The van der Waals surface area contributed by atoms with Gasteiger partial charge in [-0.3, -0.25) is 9.89 Å². The smallest absolute Gasteiger partial charge is 0.272 e. The number of hydrogen-bond acceptors (Lipinski definition) is 3. The second-order valence-corrected chi connectivity index (χ2v) is 6.28. The van der Waals surface area contributed by atoms with Gasteiger partial charge in [0, 0.05) is 15.1 Å². The van der Waals surface area contributed by atoms with E-state index in [2.05, 4.69) is 36.7 Å². The third-order valence-corrected chi connectivity index (χ3v) is 3.99. The summed E-state index contributed by atoms with van der Waals surface area (Å²) in [5, 5.41) is 11.4. The maximum atomic E-state index is 12.1. The normalized spacial score (nSPS) is 10.9. The molecule has 0 fully saturated rings. The van der Waals surface area contributed by atoms with E-state index in [0.29, 0.717) is 16.4 Å². The van der Waals surface area contributed by atoms with E-state index in [0.717, 1.165) is 15.6 Å². The summed E-state index contributed by atoms with van der Waals surface area (Å²) in [5.74, 6) is -0.365. The molecule has 0 aliphatic heterocycles. The van der Waals surface area contributed by atoms with Gasteiger partial charge in [-0.05, 0) is 35.9 Å². The number of nitrogens with one attached hydrogen (secondary N) is 2. The van der Waals surface area contributed by atoms with Crippen molar-refractivity contribution in [3.63, 3.8) is 0 Å². The Labute approximate surface area is 151 Å². The summed E-state index contributed by atoms with van der Waals surface area (Å²) in [6.45, 7) is 0. The van der Waals surface area contributed by atoms with Crippen molar-refractivity contribution < 1.29 is 4.79 Å². The van der Waals surface area contributed by atoms with E-state index in [1.807, 2.05) is 36.4 Å². The average Bonchev–Trinajstić information content (AvgIpc) is 3.07. The molecule has 24 heavy (non-hydrogen) atoms. The van der Waals surface area contributed by atoms with Crippen molar-refractivity contribution in [2.75, 3.05) is 0 Å². The molecule has 0 spiro atoms. The first kappa shape index (κ1) is 16.4. The summed E-state index contributed by atoms with van der Waals surface area (Å²) in [5.41, 5.74) is 5.20. The molecular formula is C17H12BrClN4O. The Kier molecular flexibility index (Phi) is 5.08. The van der Waals surface area contributed by atoms with Crippen LogP contribution in [-0.4, -0.2) is 22.3 Å². The number of nitrogens with zero attached hydrogens (tertiary/aromatic N) is 2. The lowest BCUT2D eigenvalue weighted by atomic mass is 10.1. The Morgan fingerprint density at radius 3 is 2.58 bits per heavy atom. The van der Waals surface area contributed by atoms with Crippen LogP contribution in [0.3, 0.4) is 0 Å². The predicted molar refractivity (Wildman–Crippen MR) is 98.2 cm³/mol. The molecule has 0 bridgehead atoms. The molecule has 0 saturated heterocycles. The largest absolute Gasteiger partial charge is 0.289 e. The summed E-state index contributed by atoms with van der Waals surface area (Å²) in [4.78, 5) is 12.1. The first-order chi connectivity index (χ1) is 11.6. The monoisotopic (exact) mass is 402 g/mol. The van der Waals surface area contributed by atoms with E-state index < -0.39 is 0 Å². The van der Waals surface area contributed by atoms with Crippen LogP contribution in [0.25, 0.3) is 11.3 Å². The minimum absolute atomic E-state index is 0.327. The van der Waals surface area contributed by atoms with E-state index in [4.69, 9.17) is 11.6 Å². The van der Waals surface area contributed by atoms with Gasteiger partial charge in [-0.2, -0.15) is 10.2 Å². The lowest BCUT2D eigenvalue weighted by Crippen LogP contribution is -2.17. The molecule has 2 N–H and O–H groups in total. The Morgan fingerprint density at radius 2 is 1.88 bits per heavy atom. The Bertz CT molecular complexity index is 872. The molecule has 120 valence electrons. The maximum Gasteiger partial charge on any atom is 0.289 e. The van der Waals surface area contributed by atoms with Crippen LogP contribution >= 0.6 is 27.5 Å². The zero-order valence-electron chi connectivity index (χ0n) is 12.3. The van der Waals surface area contributed by atoms with Crippen LogP contribution in [0.2, 0.25) is 5.02 Å². The van der Waals surface area contributed by atoms with E-state index in [1.165, 1.54) is 0 Å². The van der Waals surface area contributed by atoms with Crippen molar-refractivity contribution in [3.05, 3.63) is 75.4 Å². The van der Waals surface area contributed by atoms with Crippen LogP contribution in [0, 0.1) is 0 Å². The molecule has 3 aromatic rings. The van der Waals surface area contributed by atoms with Gasteiger partial charge in [0.2, 0.25) is 0 Å². The quantitative estimate of drug-likeness (QED) is 0.505. The number of rotatable bonds is 4. The van der Waals surface area contributed by atoms with E-state index in [-0.39, 0.29) is 5.91 Å². The van der Waals surface area contributed by atoms with Crippen LogP contribution in [0.4, 0.5) is 0 Å². The minimum Gasteiger partial charge on any atom is -0.272 e. The fourth-order valence-corrected chi connectivity index (χ4v) is 2.37. The maximum absolute atomic E-state index is 12.1. The highest BCUT2D eigenvalue weighted by atomic mass is 79.9. The minimum atomic E-state index is -0.365. The molecule has 0 aliphatic rings. The molecule has 3 rings (SSSR count). The van der Waals surface area contributed by atoms with Crippen LogP contribution in [0.1, 0.15) is 16.1 Å². The summed E-state index contributed by atoms with van der Waals surface area (Å²) < 4.78 is 0.982. The summed E-state index contributed by atoms with van der Waals surface area (Å²) in [6, 6.07) is 16.4. The predicted octanol–water partition coefficient (Wildman–Crippen LogP) is 4.26. The van der Waals surface area contributed by atoms with Gasteiger partial charge in [0.1, 0.15) is 5.69 Å². The number of carbonyl (C=O) groups excluding carboxylic acids is 1. The molecule has 0 radical (unpaired) electrons. The number of halogens is 2. The van der Waals surface area contributed by atoms with Crippen LogP contribution < -0.4 is 5.43 Å². The van der Waals surface area contributed by atoms with Gasteiger partial charge in [0.05, 0.1) is 11.9 Å². The fourth-order valence-electron chi connectivity index (χ4n) is 1.98. The molecule has 2 aromatic carbocycles. The average molecular weight is 404 g/mol. The number of amides is 1. The number of aromatic nitrogens is 2. The zero-order valence-corrected chi connectivity index (χ0v) is 14.7. The van der Waals surface area contributed by atoms with Crippen molar-refractivity contribution in [1.82, 2.24) is 15.6 Å². The van der Waals surface area contributed by atoms with Gasteiger partial charge in [0.15, 0.2) is 0 Å². The van der Waals surface area contributed by atoms with Crippen molar-refractivity contribution in [2.24, 2.45) is 5.10 Å². The second-order valence-electron chi connectivity index (χ2n) is 4.92. The first-order valence-electron chi connectivity index (χ1n) is 7.02. The third kappa shape index (κ3) is 4.10. The highest BCUT2D eigenvalue weighted by Gasteiger charge is 2.10. The van der Waals surface area contributed by atoms with Gasteiger partial charge in [-0.1, -0.05) is 51.8 Å². The summed E-state index contributed by atoms with van der Waals surface area (Å²) >= 11 is 9.22. The summed E-state index contributed by atoms with van der Waals surface area (Å²) in [6.07, 6.45) is 1.57. The molecule has 0 saturated carbocycles. The Hall–Kier alpha value is -2.44. The van der Waals surface area contributed by atoms with Crippen LogP contribution in [0.15, 0.2) is 64.2 Å². The lowest BCUT2D eigenvalue weighted by Gasteiger charge is -1.96. The van der Waals surface area contributed by atoms with E-state index in [1.54, 1.807) is 24.4 Å². The lowest BCUT2D eigenvalue weighted by molar-refractivity contribution is 0.0950. The highest BCUT2D eigenvalue weighted by molar-refractivity contribution is 9.10. The fraction of sp³-hybridized carbons (Fsp3) is 0. The molecule has 0 atom stereocenters. The van der Waals surface area contributed by atoms with Gasteiger partial charge in [0.25, 0.3) is 5.91 Å². The van der Waals surface area contributed by atoms with Crippen molar-refractivity contribution in [1.29, 1.82) is 0 Å².